The van der Waals surface area contributed by atoms with Gasteiger partial charge in [-0.2, -0.15) is 5.10 Å². The quantitative estimate of drug-likeness (QED) is 0.704. The molecule has 1 aromatic heterocycles. The second-order valence-corrected chi connectivity index (χ2v) is 2.63. The van der Waals surface area contributed by atoms with E-state index in [1.807, 2.05) is 0 Å². The fourth-order valence-electron chi connectivity index (χ4n) is 0.768. The zero-order chi connectivity index (χ0) is 9.14. The molecule has 1 amide bonds. The van der Waals surface area contributed by atoms with Crippen LogP contribution in [0.1, 0.15) is 16.1 Å². The number of carbonyl (C=O) groups excluding carboxylic acids is 1. The molecular formula is C7H8ClN3O. The Bertz CT molecular complexity index is 314. The van der Waals surface area contributed by atoms with Crippen molar-refractivity contribution in [3.63, 3.8) is 0 Å². The van der Waals surface area contributed by atoms with Gasteiger partial charge in [-0.05, 0) is 13.0 Å². The summed E-state index contributed by atoms with van der Waals surface area (Å²) in [5, 5.41) is 9.88. The second-order valence-electron chi connectivity index (χ2n) is 2.27. The van der Waals surface area contributed by atoms with Gasteiger partial charge in [0, 0.05) is 7.05 Å². The van der Waals surface area contributed by atoms with Gasteiger partial charge in [0.05, 0.1) is 11.3 Å². The summed E-state index contributed by atoms with van der Waals surface area (Å²) in [5.74, 6) is -0.252. The number of aromatic nitrogens is 2. The van der Waals surface area contributed by atoms with Crippen LogP contribution in [-0.2, 0) is 0 Å². The van der Waals surface area contributed by atoms with E-state index in [4.69, 9.17) is 11.6 Å². The Morgan fingerprint density at radius 1 is 1.58 bits per heavy atom. The lowest BCUT2D eigenvalue weighted by Gasteiger charge is -2.00. The number of aryl methyl sites for hydroxylation is 1. The van der Waals surface area contributed by atoms with Crippen LogP contribution in [0.3, 0.4) is 0 Å². The monoisotopic (exact) mass is 185 g/mol. The highest BCUT2D eigenvalue weighted by atomic mass is 35.5. The summed E-state index contributed by atoms with van der Waals surface area (Å²) < 4.78 is 0. The molecule has 0 aliphatic carbocycles. The lowest BCUT2D eigenvalue weighted by Crippen LogP contribution is -2.19. The van der Waals surface area contributed by atoms with Gasteiger partial charge < -0.3 is 5.32 Å². The minimum atomic E-state index is -0.252. The van der Waals surface area contributed by atoms with Crippen molar-refractivity contribution in [1.29, 1.82) is 0 Å². The van der Waals surface area contributed by atoms with E-state index in [2.05, 4.69) is 15.5 Å². The van der Waals surface area contributed by atoms with Gasteiger partial charge in [-0.3, -0.25) is 4.79 Å². The van der Waals surface area contributed by atoms with E-state index in [1.165, 1.54) is 7.05 Å². The molecule has 1 heterocycles. The summed E-state index contributed by atoms with van der Waals surface area (Å²) in [4.78, 5) is 11.1. The minimum Gasteiger partial charge on any atom is -0.355 e. The predicted molar refractivity (Wildman–Crippen MR) is 45.2 cm³/mol. The molecule has 1 aromatic rings. The zero-order valence-corrected chi connectivity index (χ0v) is 7.51. The topological polar surface area (TPSA) is 54.9 Å². The Morgan fingerprint density at radius 3 is 2.83 bits per heavy atom. The third-order valence-electron chi connectivity index (χ3n) is 1.34. The molecule has 0 unspecified atom stereocenters. The summed E-state index contributed by atoms with van der Waals surface area (Å²) in [6.45, 7) is 1.75. The molecule has 0 aliphatic heterocycles. The molecule has 0 atom stereocenters. The largest absolute Gasteiger partial charge is 0.355 e. The third kappa shape index (κ3) is 1.71. The van der Waals surface area contributed by atoms with Crippen molar-refractivity contribution in [1.82, 2.24) is 15.5 Å². The Morgan fingerprint density at radius 2 is 2.25 bits per heavy atom. The first-order valence-electron chi connectivity index (χ1n) is 3.37. The highest BCUT2D eigenvalue weighted by Gasteiger charge is 2.09. The summed E-state index contributed by atoms with van der Waals surface area (Å²) in [5.41, 5.74) is 1.02. The van der Waals surface area contributed by atoms with E-state index in [-0.39, 0.29) is 11.1 Å². The molecule has 0 radical (unpaired) electrons. The molecular weight excluding hydrogens is 178 g/mol. The Balaban J connectivity index is 3.13. The SMILES string of the molecule is CNC(=O)c1cc(C)nnc1Cl. The van der Waals surface area contributed by atoms with Crippen LogP contribution < -0.4 is 5.32 Å². The maximum atomic E-state index is 11.1. The van der Waals surface area contributed by atoms with Crippen LogP contribution in [0, 0.1) is 6.92 Å². The molecule has 0 bridgehead atoms. The van der Waals surface area contributed by atoms with Gasteiger partial charge in [0.15, 0.2) is 5.15 Å². The lowest BCUT2D eigenvalue weighted by molar-refractivity contribution is 0.0962. The van der Waals surface area contributed by atoms with Gasteiger partial charge in [-0.15, -0.1) is 5.10 Å². The van der Waals surface area contributed by atoms with E-state index in [0.717, 1.165) is 0 Å². The van der Waals surface area contributed by atoms with E-state index >= 15 is 0 Å². The van der Waals surface area contributed by atoms with E-state index in [9.17, 15) is 4.79 Å². The van der Waals surface area contributed by atoms with Crippen LogP contribution in [-0.4, -0.2) is 23.2 Å². The average Bonchev–Trinajstić information content (AvgIpc) is 2.08. The van der Waals surface area contributed by atoms with Crippen molar-refractivity contribution in [3.05, 3.63) is 22.5 Å². The molecule has 0 spiro atoms. The molecule has 0 saturated carbocycles. The van der Waals surface area contributed by atoms with Crippen LogP contribution in [0.4, 0.5) is 0 Å². The highest BCUT2D eigenvalue weighted by molar-refractivity contribution is 6.32. The van der Waals surface area contributed by atoms with Crippen LogP contribution in [0.15, 0.2) is 6.07 Å². The second kappa shape index (κ2) is 3.49. The molecule has 12 heavy (non-hydrogen) atoms. The standard InChI is InChI=1S/C7H8ClN3O/c1-4-3-5(7(12)9-2)6(8)11-10-4/h3H,1-2H3,(H,9,12). The smallest absolute Gasteiger partial charge is 0.254 e. The first-order valence-corrected chi connectivity index (χ1v) is 3.75. The molecule has 0 aliphatic rings. The fraction of sp³-hybridized carbons (Fsp3) is 0.286. The molecule has 0 fully saturated rings. The number of amides is 1. The van der Waals surface area contributed by atoms with Crippen molar-refractivity contribution >= 4 is 17.5 Å². The summed E-state index contributed by atoms with van der Waals surface area (Å²) in [6.07, 6.45) is 0. The number of nitrogens with zero attached hydrogens (tertiary/aromatic N) is 2. The lowest BCUT2D eigenvalue weighted by atomic mass is 10.2. The average molecular weight is 186 g/mol. The van der Waals surface area contributed by atoms with Crippen molar-refractivity contribution in [3.8, 4) is 0 Å². The fourth-order valence-corrected chi connectivity index (χ4v) is 0.946. The molecule has 1 N–H and O–H groups in total. The van der Waals surface area contributed by atoms with E-state index in [0.29, 0.717) is 11.3 Å². The normalized spacial score (nSPS) is 9.58. The number of carbonyl (C=O) groups is 1. The number of halogens is 1. The predicted octanol–water partition coefficient (Wildman–Crippen LogP) is 0.798. The van der Waals surface area contributed by atoms with Crippen molar-refractivity contribution < 1.29 is 4.79 Å². The third-order valence-corrected chi connectivity index (χ3v) is 1.62. The van der Waals surface area contributed by atoms with Gasteiger partial charge in [0.1, 0.15) is 0 Å². The zero-order valence-electron chi connectivity index (χ0n) is 6.76. The Kier molecular flexibility index (Phi) is 2.60. The van der Waals surface area contributed by atoms with Crippen LogP contribution in [0.25, 0.3) is 0 Å². The number of rotatable bonds is 1. The minimum absolute atomic E-state index is 0.125. The van der Waals surface area contributed by atoms with Crippen LogP contribution >= 0.6 is 11.6 Å². The molecule has 0 aromatic carbocycles. The molecule has 4 nitrogen and oxygen atoms in total. The van der Waals surface area contributed by atoms with Gasteiger partial charge in [0.2, 0.25) is 0 Å². The Labute approximate surface area is 74.9 Å². The van der Waals surface area contributed by atoms with Crippen LogP contribution in [0.2, 0.25) is 5.15 Å². The number of hydrogen-bond acceptors (Lipinski definition) is 3. The molecule has 5 heteroatoms. The Hall–Kier alpha value is -1.16. The highest BCUT2D eigenvalue weighted by Crippen LogP contribution is 2.11. The summed E-state index contributed by atoms with van der Waals surface area (Å²) in [7, 11) is 1.54. The maximum absolute atomic E-state index is 11.1. The summed E-state index contributed by atoms with van der Waals surface area (Å²) >= 11 is 5.64. The maximum Gasteiger partial charge on any atom is 0.254 e. The van der Waals surface area contributed by atoms with Gasteiger partial charge in [-0.1, -0.05) is 11.6 Å². The first kappa shape index (κ1) is 8.93. The van der Waals surface area contributed by atoms with Gasteiger partial charge >= 0.3 is 0 Å². The molecule has 64 valence electrons. The number of hydrogen-bond donors (Lipinski definition) is 1. The number of nitrogens with one attached hydrogen (secondary N) is 1. The van der Waals surface area contributed by atoms with Gasteiger partial charge in [-0.25, -0.2) is 0 Å². The molecule has 1 rings (SSSR count). The summed E-state index contributed by atoms with van der Waals surface area (Å²) in [6, 6.07) is 1.59. The first-order chi connectivity index (χ1) is 5.65. The van der Waals surface area contributed by atoms with Crippen LogP contribution in [0.5, 0.6) is 0 Å². The molecule has 0 saturated heterocycles. The van der Waals surface area contributed by atoms with E-state index < -0.39 is 0 Å². The van der Waals surface area contributed by atoms with Crippen molar-refractivity contribution in [2.24, 2.45) is 0 Å². The van der Waals surface area contributed by atoms with Crippen molar-refractivity contribution in [2.75, 3.05) is 7.05 Å². The van der Waals surface area contributed by atoms with E-state index in [1.54, 1.807) is 13.0 Å². The van der Waals surface area contributed by atoms with Crippen molar-refractivity contribution in [2.45, 2.75) is 6.92 Å². The van der Waals surface area contributed by atoms with Gasteiger partial charge in [0.25, 0.3) is 5.91 Å².